The van der Waals surface area contributed by atoms with Gasteiger partial charge in [-0.15, -0.1) is 0 Å². The lowest BCUT2D eigenvalue weighted by molar-refractivity contribution is -0.127. The monoisotopic (exact) mass is 500 g/mol. The van der Waals surface area contributed by atoms with Gasteiger partial charge in [-0.05, 0) is 61.4 Å². The van der Waals surface area contributed by atoms with Crippen molar-refractivity contribution in [1.29, 1.82) is 0 Å². The summed E-state index contributed by atoms with van der Waals surface area (Å²) in [7, 11) is -3.94. The Morgan fingerprint density at radius 2 is 1.88 bits per heavy atom. The zero-order valence-corrected chi connectivity index (χ0v) is 20.4. The third kappa shape index (κ3) is 5.13. The minimum Gasteiger partial charge on any atom is -0.491 e. The predicted octanol–water partition coefficient (Wildman–Crippen LogP) is 4.11. The van der Waals surface area contributed by atoms with Crippen molar-refractivity contribution in [2.45, 2.75) is 24.8 Å². The first kappa shape index (κ1) is 23.9. The highest BCUT2D eigenvalue weighted by molar-refractivity contribution is 7.92. The zero-order chi connectivity index (χ0) is 24.3. The van der Waals surface area contributed by atoms with E-state index >= 15 is 0 Å². The number of nitrogens with one attached hydrogen (secondary N) is 1. The molecule has 4 rings (SSSR count). The average Bonchev–Trinajstić information content (AvgIpc) is 2.83. The van der Waals surface area contributed by atoms with Gasteiger partial charge in [0.05, 0.1) is 23.7 Å². The van der Waals surface area contributed by atoms with Crippen LogP contribution < -0.4 is 19.1 Å². The summed E-state index contributed by atoms with van der Waals surface area (Å²) in [6, 6.07) is 18.6. The number of carbonyl (C=O) groups is 1. The van der Waals surface area contributed by atoms with Crippen molar-refractivity contribution in [3.05, 3.63) is 82.9 Å². The molecule has 0 saturated carbocycles. The Balaban J connectivity index is 1.48. The van der Waals surface area contributed by atoms with Crippen LogP contribution in [-0.4, -0.2) is 40.1 Å². The van der Waals surface area contributed by atoms with Crippen LogP contribution in [0, 0.1) is 13.8 Å². The molecule has 1 heterocycles. The van der Waals surface area contributed by atoms with Gasteiger partial charge in [0.25, 0.3) is 15.9 Å². The maximum absolute atomic E-state index is 13.4. The Bertz CT molecular complexity index is 1300. The van der Waals surface area contributed by atoms with Gasteiger partial charge in [-0.2, -0.15) is 0 Å². The highest BCUT2D eigenvalue weighted by Crippen LogP contribution is 2.38. The second-order valence-corrected chi connectivity index (χ2v) is 10.3. The van der Waals surface area contributed by atoms with Crippen LogP contribution in [0.25, 0.3) is 0 Å². The molecule has 0 fully saturated rings. The lowest BCUT2D eigenvalue weighted by atomic mass is 10.1. The Morgan fingerprint density at radius 3 is 2.65 bits per heavy atom. The van der Waals surface area contributed by atoms with E-state index in [-0.39, 0.29) is 30.3 Å². The number of halogens is 1. The molecule has 0 saturated heterocycles. The van der Waals surface area contributed by atoms with Crippen LogP contribution in [0.3, 0.4) is 0 Å². The molecule has 1 N–H and O–H groups in total. The van der Waals surface area contributed by atoms with Gasteiger partial charge in [0.1, 0.15) is 18.1 Å². The summed E-state index contributed by atoms with van der Waals surface area (Å²) in [5, 5.41) is 3.14. The van der Waals surface area contributed by atoms with Crippen LogP contribution in [0.2, 0.25) is 5.02 Å². The van der Waals surface area contributed by atoms with E-state index in [1.54, 1.807) is 30.3 Å². The number of benzene rings is 3. The van der Waals surface area contributed by atoms with E-state index in [0.717, 1.165) is 16.9 Å². The molecule has 0 bridgehead atoms. The fourth-order valence-corrected chi connectivity index (χ4v) is 5.28. The number of nitrogens with zero attached hydrogens (tertiary/aromatic N) is 1. The molecule has 178 valence electrons. The lowest BCUT2D eigenvalue weighted by Crippen LogP contribution is -2.51. The van der Waals surface area contributed by atoms with E-state index in [9.17, 15) is 13.2 Å². The molecule has 0 radical (unpaired) electrons. The number of sulfonamides is 1. The van der Waals surface area contributed by atoms with Crippen LogP contribution in [0.4, 0.5) is 5.69 Å². The zero-order valence-electron chi connectivity index (χ0n) is 18.8. The van der Waals surface area contributed by atoms with Gasteiger partial charge in [-0.3, -0.25) is 9.10 Å². The predicted molar refractivity (Wildman–Crippen MR) is 131 cm³/mol. The van der Waals surface area contributed by atoms with Gasteiger partial charge in [0.2, 0.25) is 0 Å². The number of amides is 1. The summed E-state index contributed by atoms with van der Waals surface area (Å²) in [6.07, 6.45) is -1.03. The highest BCUT2D eigenvalue weighted by Gasteiger charge is 2.37. The molecule has 1 amide bonds. The topological polar surface area (TPSA) is 84.9 Å². The van der Waals surface area contributed by atoms with Crippen molar-refractivity contribution in [3.8, 4) is 11.5 Å². The maximum Gasteiger partial charge on any atom is 0.264 e. The molecular formula is C25H25ClN2O5S. The highest BCUT2D eigenvalue weighted by atomic mass is 35.5. The van der Waals surface area contributed by atoms with E-state index in [1.807, 2.05) is 32.0 Å². The molecule has 1 atom stereocenters. The Labute approximate surface area is 204 Å². The minimum absolute atomic E-state index is 0.115. The molecule has 0 aromatic heterocycles. The molecule has 34 heavy (non-hydrogen) atoms. The van der Waals surface area contributed by atoms with Crippen molar-refractivity contribution in [3.63, 3.8) is 0 Å². The fourth-order valence-electron chi connectivity index (χ4n) is 3.62. The van der Waals surface area contributed by atoms with Crippen molar-refractivity contribution in [2.24, 2.45) is 0 Å². The number of hydrogen-bond donors (Lipinski definition) is 1. The number of rotatable bonds is 7. The Hall–Kier alpha value is -3.23. The van der Waals surface area contributed by atoms with Gasteiger partial charge in [-0.25, -0.2) is 8.42 Å². The fraction of sp³-hybridized carbons (Fsp3) is 0.240. The number of carbonyl (C=O) groups excluding carboxylic acids is 1. The van der Waals surface area contributed by atoms with Gasteiger partial charge in [0, 0.05) is 5.02 Å². The van der Waals surface area contributed by atoms with Gasteiger partial charge in [0.15, 0.2) is 6.10 Å². The Morgan fingerprint density at radius 1 is 1.12 bits per heavy atom. The SMILES string of the molecule is Cc1ccc(C)c(OCCNC(=O)[C@@H]2CN(S(=O)(=O)c3ccccc3)c3cc(Cl)ccc3O2)c1. The summed E-state index contributed by atoms with van der Waals surface area (Å²) in [6.45, 7) is 4.25. The van der Waals surface area contributed by atoms with Gasteiger partial charge >= 0.3 is 0 Å². The first-order valence-electron chi connectivity index (χ1n) is 10.8. The summed E-state index contributed by atoms with van der Waals surface area (Å²) in [4.78, 5) is 13.0. The van der Waals surface area contributed by atoms with E-state index in [1.165, 1.54) is 22.5 Å². The molecule has 0 spiro atoms. The van der Waals surface area contributed by atoms with E-state index < -0.39 is 22.0 Å². The van der Waals surface area contributed by atoms with Crippen LogP contribution >= 0.6 is 11.6 Å². The number of anilines is 1. The van der Waals surface area contributed by atoms with Crippen LogP contribution in [0.1, 0.15) is 11.1 Å². The van der Waals surface area contributed by atoms with E-state index in [0.29, 0.717) is 10.7 Å². The normalized spacial score (nSPS) is 15.3. The van der Waals surface area contributed by atoms with Crippen LogP contribution in [0.15, 0.2) is 71.6 Å². The summed E-state index contributed by atoms with van der Waals surface area (Å²) in [5.74, 6) is 0.592. The smallest absolute Gasteiger partial charge is 0.264 e. The van der Waals surface area contributed by atoms with Crippen molar-refractivity contribution in [2.75, 3.05) is 24.0 Å². The largest absolute Gasteiger partial charge is 0.491 e. The summed E-state index contributed by atoms with van der Waals surface area (Å²) in [5.41, 5.74) is 2.38. The van der Waals surface area contributed by atoms with Crippen molar-refractivity contribution in [1.82, 2.24) is 5.32 Å². The summed E-state index contributed by atoms with van der Waals surface area (Å²) < 4.78 is 39.6. The number of fused-ring (bicyclic) bond motifs is 1. The number of aryl methyl sites for hydroxylation is 2. The molecule has 9 heteroatoms. The molecule has 1 aliphatic rings. The van der Waals surface area contributed by atoms with Gasteiger partial charge in [-0.1, -0.05) is 41.9 Å². The van der Waals surface area contributed by atoms with E-state index in [4.69, 9.17) is 21.1 Å². The maximum atomic E-state index is 13.4. The standard InChI is InChI=1S/C25H25ClN2O5S/c1-17-8-9-18(2)23(14-17)32-13-12-27-25(29)24-16-28(21-15-19(26)10-11-22(21)33-24)34(30,31)20-6-4-3-5-7-20/h3-11,14-15,24H,12-13,16H2,1-2H3,(H,27,29)/t24-/m0/s1. The lowest BCUT2D eigenvalue weighted by Gasteiger charge is -2.34. The second-order valence-electron chi connectivity index (χ2n) is 7.98. The first-order valence-corrected chi connectivity index (χ1v) is 12.6. The molecule has 0 aliphatic carbocycles. The van der Waals surface area contributed by atoms with Crippen LogP contribution in [-0.2, 0) is 14.8 Å². The minimum atomic E-state index is -3.94. The quantitative estimate of drug-likeness (QED) is 0.493. The first-order chi connectivity index (χ1) is 16.3. The average molecular weight is 501 g/mol. The molecule has 7 nitrogen and oxygen atoms in total. The van der Waals surface area contributed by atoms with Crippen LogP contribution in [0.5, 0.6) is 11.5 Å². The molecule has 0 unspecified atom stereocenters. The molecular weight excluding hydrogens is 476 g/mol. The molecule has 3 aromatic rings. The third-order valence-electron chi connectivity index (χ3n) is 5.42. The van der Waals surface area contributed by atoms with E-state index in [2.05, 4.69) is 5.32 Å². The van der Waals surface area contributed by atoms with Gasteiger partial charge < -0.3 is 14.8 Å². The number of ether oxygens (including phenoxy) is 2. The number of hydrogen-bond acceptors (Lipinski definition) is 5. The summed E-state index contributed by atoms with van der Waals surface area (Å²) >= 11 is 6.12. The van der Waals surface area contributed by atoms with Crippen molar-refractivity contribution >= 4 is 33.2 Å². The molecule has 1 aliphatic heterocycles. The Kier molecular flexibility index (Phi) is 7.00. The van der Waals surface area contributed by atoms with Crippen molar-refractivity contribution < 1.29 is 22.7 Å². The third-order valence-corrected chi connectivity index (χ3v) is 7.45. The second kappa shape index (κ2) is 9.95. The molecule has 3 aromatic carbocycles.